The van der Waals surface area contributed by atoms with Crippen LogP contribution in [-0.2, 0) is 6.54 Å². The van der Waals surface area contributed by atoms with Gasteiger partial charge in [0.1, 0.15) is 5.76 Å². The third kappa shape index (κ3) is 4.49. The van der Waals surface area contributed by atoms with E-state index in [4.69, 9.17) is 4.42 Å². The van der Waals surface area contributed by atoms with Crippen LogP contribution in [0.25, 0.3) is 0 Å². The zero-order valence-corrected chi connectivity index (χ0v) is 12.9. The fourth-order valence-electron chi connectivity index (χ4n) is 2.01. The van der Waals surface area contributed by atoms with Gasteiger partial charge in [0.15, 0.2) is 4.67 Å². The predicted octanol–water partition coefficient (Wildman–Crippen LogP) is 3.43. The summed E-state index contributed by atoms with van der Waals surface area (Å²) in [5.41, 5.74) is 1.29. The Morgan fingerprint density at radius 3 is 2.47 bits per heavy atom. The minimum atomic E-state index is 0.292. The van der Waals surface area contributed by atoms with E-state index in [9.17, 15) is 0 Å². The predicted molar refractivity (Wildman–Crippen MR) is 81.0 cm³/mol. The van der Waals surface area contributed by atoms with Crippen LogP contribution in [0.3, 0.4) is 0 Å². The molecule has 102 valence electrons. The van der Waals surface area contributed by atoms with Crippen molar-refractivity contribution in [2.45, 2.75) is 12.6 Å². The second-order valence-electron chi connectivity index (χ2n) is 4.81. The molecule has 1 heterocycles. The summed E-state index contributed by atoms with van der Waals surface area (Å²) in [5.74, 6) is 0.937. The second-order valence-corrected chi connectivity index (χ2v) is 5.59. The highest BCUT2D eigenvalue weighted by Crippen LogP contribution is 2.17. The summed E-state index contributed by atoms with van der Waals surface area (Å²) in [6.45, 7) is 1.67. The van der Waals surface area contributed by atoms with E-state index >= 15 is 0 Å². The minimum absolute atomic E-state index is 0.292. The van der Waals surface area contributed by atoms with E-state index in [0.29, 0.717) is 6.04 Å². The normalized spacial score (nSPS) is 12.8. The van der Waals surface area contributed by atoms with Gasteiger partial charge in [-0.2, -0.15) is 0 Å². The molecular formula is C15H19BrN2O. The first-order valence-electron chi connectivity index (χ1n) is 6.32. The molecule has 0 bridgehead atoms. The maximum absolute atomic E-state index is 5.52. The third-order valence-electron chi connectivity index (χ3n) is 2.90. The first-order valence-corrected chi connectivity index (χ1v) is 7.11. The highest BCUT2D eigenvalue weighted by Gasteiger charge is 2.12. The fourth-order valence-corrected chi connectivity index (χ4v) is 2.35. The molecule has 2 rings (SSSR count). The molecule has 4 heteroatoms. The van der Waals surface area contributed by atoms with Crippen LogP contribution < -0.4 is 5.32 Å². The van der Waals surface area contributed by atoms with Crippen molar-refractivity contribution in [2.75, 3.05) is 20.6 Å². The van der Waals surface area contributed by atoms with Crippen molar-refractivity contribution >= 4 is 15.9 Å². The highest BCUT2D eigenvalue weighted by molar-refractivity contribution is 9.10. The van der Waals surface area contributed by atoms with Gasteiger partial charge in [-0.1, -0.05) is 30.3 Å². The summed E-state index contributed by atoms with van der Waals surface area (Å²) >= 11 is 3.32. The molecular weight excluding hydrogens is 304 g/mol. The zero-order chi connectivity index (χ0) is 13.7. The van der Waals surface area contributed by atoms with Crippen LogP contribution in [0.5, 0.6) is 0 Å². The molecule has 1 atom stereocenters. The summed E-state index contributed by atoms with van der Waals surface area (Å²) in [7, 11) is 4.17. The Kier molecular flexibility index (Phi) is 5.19. The molecule has 1 aromatic heterocycles. The van der Waals surface area contributed by atoms with Crippen LogP contribution in [0, 0.1) is 0 Å². The number of likely N-dealkylation sites (N-methyl/N-ethyl adjacent to an activating group) is 1. The van der Waals surface area contributed by atoms with E-state index in [2.05, 4.69) is 64.5 Å². The molecule has 0 radical (unpaired) electrons. The van der Waals surface area contributed by atoms with Crippen LogP contribution in [-0.4, -0.2) is 25.5 Å². The van der Waals surface area contributed by atoms with E-state index in [-0.39, 0.29) is 0 Å². The fraction of sp³-hybridized carbons (Fsp3) is 0.333. The van der Waals surface area contributed by atoms with Gasteiger partial charge in [0.25, 0.3) is 0 Å². The quantitative estimate of drug-likeness (QED) is 0.883. The van der Waals surface area contributed by atoms with Crippen LogP contribution in [0.15, 0.2) is 51.6 Å². The van der Waals surface area contributed by atoms with E-state index < -0.39 is 0 Å². The van der Waals surface area contributed by atoms with E-state index in [0.717, 1.165) is 23.5 Å². The summed E-state index contributed by atoms with van der Waals surface area (Å²) in [5, 5.41) is 3.54. The molecule has 0 fully saturated rings. The molecule has 0 spiro atoms. The number of hydrogen-bond donors (Lipinski definition) is 1. The molecule has 0 saturated carbocycles. The van der Waals surface area contributed by atoms with Crippen molar-refractivity contribution in [1.29, 1.82) is 0 Å². The SMILES string of the molecule is CN(C)CC(NCc1ccc(Br)o1)c1ccccc1. The van der Waals surface area contributed by atoms with Crippen LogP contribution in [0.1, 0.15) is 17.4 Å². The largest absolute Gasteiger partial charge is 0.453 e. The van der Waals surface area contributed by atoms with Gasteiger partial charge in [-0.25, -0.2) is 0 Å². The number of benzene rings is 1. The Bertz CT molecular complexity index is 496. The van der Waals surface area contributed by atoms with Crippen molar-refractivity contribution in [1.82, 2.24) is 10.2 Å². The molecule has 1 unspecified atom stereocenters. The van der Waals surface area contributed by atoms with Crippen LogP contribution in [0.4, 0.5) is 0 Å². The Morgan fingerprint density at radius 1 is 1.16 bits per heavy atom. The molecule has 0 saturated heterocycles. The van der Waals surface area contributed by atoms with Gasteiger partial charge < -0.3 is 14.6 Å². The minimum Gasteiger partial charge on any atom is -0.453 e. The second kappa shape index (κ2) is 6.89. The Hall–Kier alpha value is -1.10. The van der Waals surface area contributed by atoms with E-state index in [1.165, 1.54) is 5.56 Å². The molecule has 0 aliphatic heterocycles. The maximum Gasteiger partial charge on any atom is 0.169 e. The number of nitrogens with one attached hydrogen (secondary N) is 1. The lowest BCUT2D eigenvalue weighted by Gasteiger charge is -2.22. The molecule has 2 aromatic rings. The van der Waals surface area contributed by atoms with Crippen molar-refractivity contribution in [3.63, 3.8) is 0 Å². The first-order chi connectivity index (χ1) is 9.15. The molecule has 1 aromatic carbocycles. The highest BCUT2D eigenvalue weighted by atomic mass is 79.9. The average Bonchev–Trinajstić information content (AvgIpc) is 2.81. The number of halogens is 1. The summed E-state index contributed by atoms with van der Waals surface area (Å²) < 4.78 is 6.29. The maximum atomic E-state index is 5.52. The number of furan rings is 1. The summed E-state index contributed by atoms with van der Waals surface area (Å²) in [6.07, 6.45) is 0. The monoisotopic (exact) mass is 322 g/mol. The summed E-state index contributed by atoms with van der Waals surface area (Å²) in [4.78, 5) is 2.18. The molecule has 0 aliphatic carbocycles. The lowest BCUT2D eigenvalue weighted by molar-refractivity contribution is 0.331. The molecule has 3 nitrogen and oxygen atoms in total. The van der Waals surface area contributed by atoms with Crippen molar-refractivity contribution in [3.8, 4) is 0 Å². The van der Waals surface area contributed by atoms with Crippen molar-refractivity contribution in [3.05, 3.63) is 58.5 Å². The van der Waals surface area contributed by atoms with Gasteiger partial charge in [0.05, 0.1) is 6.54 Å². The zero-order valence-electron chi connectivity index (χ0n) is 11.3. The Labute approximate surface area is 122 Å². The standard InChI is InChI=1S/C15H19BrN2O/c1-18(2)11-14(12-6-4-3-5-7-12)17-10-13-8-9-15(16)19-13/h3-9,14,17H,10-11H2,1-2H3. The van der Waals surface area contributed by atoms with Gasteiger partial charge >= 0.3 is 0 Å². The van der Waals surface area contributed by atoms with E-state index in [1.807, 2.05) is 18.2 Å². The summed E-state index contributed by atoms with van der Waals surface area (Å²) in [6, 6.07) is 14.7. The molecule has 0 aliphatic rings. The smallest absolute Gasteiger partial charge is 0.169 e. The van der Waals surface area contributed by atoms with E-state index in [1.54, 1.807) is 0 Å². The molecule has 0 amide bonds. The first kappa shape index (κ1) is 14.3. The molecule has 1 N–H and O–H groups in total. The lowest BCUT2D eigenvalue weighted by atomic mass is 10.1. The topological polar surface area (TPSA) is 28.4 Å². The lowest BCUT2D eigenvalue weighted by Crippen LogP contribution is -2.30. The van der Waals surface area contributed by atoms with Crippen LogP contribution in [0.2, 0.25) is 0 Å². The number of hydrogen-bond acceptors (Lipinski definition) is 3. The third-order valence-corrected chi connectivity index (χ3v) is 3.33. The van der Waals surface area contributed by atoms with Crippen molar-refractivity contribution in [2.24, 2.45) is 0 Å². The number of nitrogens with zero attached hydrogens (tertiary/aromatic N) is 1. The van der Waals surface area contributed by atoms with Gasteiger partial charge in [0.2, 0.25) is 0 Å². The van der Waals surface area contributed by atoms with Gasteiger partial charge in [-0.05, 0) is 47.7 Å². The Morgan fingerprint density at radius 2 is 1.89 bits per heavy atom. The number of rotatable bonds is 6. The van der Waals surface area contributed by atoms with Crippen molar-refractivity contribution < 1.29 is 4.42 Å². The van der Waals surface area contributed by atoms with Gasteiger partial charge in [0, 0.05) is 12.6 Å². The average molecular weight is 323 g/mol. The Balaban J connectivity index is 2.02. The van der Waals surface area contributed by atoms with Gasteiger partial charge in [-0.3, -0.25) is 0 Å². The van der Waals surface area contributed by atoms with Crippen LogP contribution >= 0.6 is 15.9 Å². The van der Waals surface area contributed by atoms with Gasteiger partial charge in [-0.15, -0.1) is 0 Å². The molecule has 19 heavy (non-hydrogen) atoms.